The molecule has 5 N–H and O–H groups in total. The van der Waals surface area contributed by atoms with Gasteiger partial charge in [-0.2, -0.15) is 11.8 Å². The van der Waals surface area contributed by atoms with Crippen molar-refractivity contribution in [3.8, 4) is 0 Å². The summed E-state index contributed by atoms with van der Waals surface area (Å²) in [5, 5.41) is 9.47. The molecule has 0 radical (unpaired) electrons. The van der Waals surface area contributed by atoms with Gasteiger partial charge in [-0.1, -0.05) is 26.2 Å². The molecule has 7 heteroatoms. The van der Waals surface area contributed by atoms with E-state index in [1.165, 1.54) is 0 Å². The molecular weight excluding hydrogens is 312 g/mol. The first-order chi connectivity index (χ1) is 11.1. The van der Waals surface area contributed by atoms with Gasteiger partial charge >= 0.3 is 6.03 Å². The molecule has 2 saturated heterocycles. The first kappa shape index (κ1) is 18.4. The smallest absolute Gasteiger partial charge is 0.315 e. The van der Waals surface area contributed by atoms with Crippen molar-refractivity contribution in [1.82, 2.24) is 16.0 Å². The van der Waals surface area contributed by atoms with Crippen molar-refractivity contribution in [3.05, 3.63) is 0 Å². The van der Waals surface area contributed by atoms with Crippen LogP contribution in [-0.2, 0) is 4.79 Å². The summed E-state index contributed by atoms with van der Waals surface area (Å²) in [4.78, 5) is 23.3. The fourth-order valence-electron chi connectivity index (χ4n) is 3.27. The quantitative estimate of drug-likeness (QED) is 0.356. The second-order valence-corrected chi connectivity index (χ2v) is 7.78. The maximum Gasteiger partial charge on any atom is 0.315 e. The summed E-state index contributed by atoms with van der Waals surface area (Å²) in [7, 11) is 0. The van der Waals surface area contributed by atoms with Crippen LogP contribution in [0.5, 0.6) is 0 Å². The van der Waals surface area contributed by atoms with Crippen LogP contribution in [0.25, 0.3) is 0 Å². The zero-order chi connectivity index (χ0) is 16.7. The third-order valence-corrected chi connectivity index (χ3v) is 6.15. The number of carbonyl (C=O) groups is 2. The van der Waals surface area contributed by atoms with E-state index in [0.717, 1.165) is 44.3 Å². The van der Waals surface area contributed by atoms with Crippen LogP contribution >= 0.6 is 11.8 Å². The molecule has 0 aromatic rings. The van der Waals surface area contributed by atoms with Gasteiger partial charge in [0.05, 0.1) is 12.1 Å². The highest BCUT2D eigenvalue weighted by atomic mass is 32.2. The van der Waals surface area contributed by atoms with E-state index < -0.39 is 0 Å². The topological polar surface area (TPSA) is 96.2 Å². The van der Waals surface area contributed by atoms with E-state index >= 15 is 0 Å². The number of carbonyl (C=O) groups excluding carboxylic acids is 2. The maximum atomic E-state index is 12.0. The number of amides is 3. The lowest BCUT2D eigenvalue weighted by atomic mass is 10.0. The number of nitrogens with two attached hydrogens (primary N) is 1. The second kappa shape index (κ2) is 9.37. The Morgan fingerprint density at radius 3 is 2.96 bits per heavy atom. The molecule has 6 nitrogen and oxygen atoms in total. The number of rotatable bonds is 10. The Balaban J connectivity index is 1.58. The van der Waals surface area contributed by atoms with Crippen molar-refractivity contribution in [2.75, 3.05) is 12.3 Å². The minimum absolute atomic E-state index is 0.0374. The number of nitrogens with one attached hydrogen (secondary N) is 3. The molecular formula is C16H30N4O2S. The molecule has 0 aliphatic carbocycles. The molecule has 4 atom stereocenters. The monoisotopic (exact) mass is 342 g/mol. The minimum atomic E-state index is -0.0374. The number of urea groups is 1. The van der Waals surface area contributed by atoms with E-state index in [0.29, 0.717) is 18.2 Å². The van der Waals surface area contributed by atoms with Gasteiger partial charge in [0.25, 0.3) is 0 Å². The number of fused-ring (bicyclic) bond motifs is 1. The van der Waals surface area contributed by atoms with Crippen LogP contribution in [0.2, 0.25) is 0 Å². The van der Waals surface area contributed by atoms with Crippen molar-refractivity contribution in [1.29, 1.82) is 0 Å². The number of hydrogen-bond acceptors (Lipinski definition) is 4. The maximum absolute atomic E-state index is 12.0. The molecule has 0 spiro atoms. The standard InChI is InChI=1S/C16H30N4O2S/c1-2-3-6-11(9-17)18-14(21)8-5-4-7-13-15-12(10-23-13)19-16(22)20-15/h11-13,15H,2-10,17H2,1H3,(H,18,21)(H2,19,20,22)/t11?,12-,13-,15-/m0/s1. The lowest BCUT2D eigenvalue weighted by Gasteiger charge is -2.17. The Kier molecular flexibility index (Phi) is 7.49. The summed E-state index contributed by atoms with van der Waals surface area (Å²) in [6.07, 6.45) is 6.73. The first-order valence-corrected chi connectivity index (χ1v) is 9.87. The number of thioether (sulfide) groups is 1. The predicted molar refractivity (Wildman–Crippen MR) is 94.5 cm³/mol. The average Bonchev–Trinajstić information content (AvgIpc) is 3.07. The van der Waals surface area contributed by atoms with E-state index in [-0.39, 0.29) is 30.1 Å². The summed E-state index contributed by atoms with van der Waals surface area (Å²) in [5.74, 6) is 1.11. The van der Waals surface area contributed by atoms with Crippen LogP contribution in [-0.4, -0.2) is 47.6 Å². The van der Waals surface area contributed by atoms with E-state index in [1.807, 2.05) is 11.8 Å². The molecule has 1 unspecified atom stereocenters. The van der Waals surface area contributed by atoms with Crippen molar-refractivity contribution in [2.45, 2.75) is 75.2 Å². The van der Waals surface area contributed by atoms with Gasteiger partial charge in [0.1, 0.15) is 0 Å². The third kappa shape index (κ3) is 5.57. The fraction of sp³-hybridized carbons (Fsp3) is 0.875. The Morgan fingerprint density at radius 1 is 1.39 bits per heavy atom. The number of hydrogen-bond donors (Lipinski definition) is 4. The van der Waals surface area contributed by atoms with Crippen molar-refractivity contribution in [3.63, 3.8) is 0 Å². The first-order valence-electron chi connectivity index (χ1n) is 8.82. The largest absolute Gasteiger partial charge is 0.352 e. The van der Waals surface area contributed by atoms with Crippen molar-refractivity contribution >= 4 is 23.7 Å². The molecule has 2 aliphatic rings. The molecule has 0 bridgehead atoms. The van der Waals surface area contributed by atoms with Crippen molar-refractivity contribution in [2.24, 2.45) is 5.73 Å². The molecule has 0 aromatic carbocycles. The van der Waals surface area contributed by atoms with Gasteiger partial charge in [-0.3, -0.25) is 4.79 Å². The molecule has 2 fully saturated rings. The summed E-state index contributed by atoms with van der Waals surface area (Å²) in [6.45, 7) is 2.66. The minimum Gasteiger partial charge on any atom is -0.352 e. The zero-order valence-corrected chi connectivity index (χ0v) is 14.8. The Bertz CT molecular complexity index is 408. The van der Waals surface area contributed by atoms with Gasteiger partial charge < -0.3 is 21.7 Å². The average molecular weight is 343 g/mol. The van der Waals surface area contributed by atoms with E-state index in [9.17, 15) is 9.59 Å². The van der Waals surface area contributed by atoms with E-state index in [1.54, 1.807) is 0 Å². The van der Waals surface area contributed by atoms with Crippen LogP contribution in [0.1, 0.15) is 51.9 Å². The molecule has 2 rings (SSSR count). The van der Waals surface area contributed by atoms with Crippen LogP contribution < -0.4 is 21.7 Å². The second-order valence-electron chi connectivity index (χ2n) is 6.51. The van der Waals surface area contributed by atoms with Gasteiger partial charge in [-0.05, 0) is 19.3 Å². The number of unbranched alkanes of at least 4 members (excludes halogenated alkanes) is 2. The third-order valence-electron chi connectivity index (χ3n) is 4.64. The Hall–Kier alpha value is -0.950. The van der Waals surface area contributed by atoms with Gasteiger partial charge in [-0.15, -0.1) is 0 Å². The highest BCUT2D eigenvalue weighted by Crippen LogP contribution is 2.33. The Morgan fingerprint density at radius 2 is 2.22 bits per heavy atom. The van der Waals surface area contributed by atoms with Crippen LogP contribution in [0.3, 0.4) is 0 Å². The van der Waals surface area contributed by atoms with Crippen LogP contribution in [0.15, 0.2) is 0 Å². The van der Waals surface area contributed by atoms with E-state index in [4.69, 9.17) is 5.73 Å². The van der Waals surface area contributed by atoms with Gasteiger partial charge in [0, 0.05) is 30.0 Å². The normalized spacial score (nSPS) is 27.2. The zero-order valence-electron chi connectivity index (χ0n) is 14.0. The molecule has 2 heterocycles. The molecule has 23 heavy (non-hydrogen) atoms. The summed E-state index contributed by atoms with van der Waals surface area (Å²) < 4.78 is 0. The molecule has 0 aromatic heterocycles. The molecule has 0 saturated carbocycles. The fourth-order valence-corrected chi connectivity index (χ4v) is 4.82. The summed E-state index contributed by atoms with van der Waals surface area (Å²) >= 11 is 1.92. The van der Waals surface area contributed by atoms with E-state index in [2.05, 4.69) is 22.9 Å². The summed E-state index contributed by atoms with van der Waals surface area (Å²) in [5.41, 5.74) is 5.70. The lowest BCUT2D eigenvalue weighted by molar-refractivity contribution is -0.121. The van der Waals surface area contributed by atoms with Gasteiger partial charge in [-0.25, -0.2) is 4.79 Å². The van der Waals surface area contributed by atoms with Gasteiger partial charge in [0.2, 0.25) is 5.91 Å². The highest BCUT2D eigenvalue weighted by molar-refractivity contribution is 8.00. The SMILES string of the molecule is CCCCC(CN)NC(=O)CCCC[C@@H]1SC[C@@H]2NC(=O)N[C@@H]21. The lowest BCUT2D eigenvalue weighted by Crippen LogP contribution is -2.40. The highest BCUT2D eigenvalue weighted by Gasteiger charge is 2.42. The Labute approximate surface area is 143 Å². The van der Waals surface area contributed by atoms with Crippen LogP contribution in [0.4, 0.5) is 4.79 Å². The molecule has 2 aliphatic heterocycles. The molecule has 132 valence electrons. The van der Waals surface area contributed by atoms with Gasteiger partial charge in [0.15, 0.2) is 0 Å². The summed E-state index contributed by atoms with van der Waals surface area (Å²) in [6, 6.07) is 0.625. The van der Waals surface area contributed by atoms with Crippen LogP contribution in [0, 0.1) is 0 Å². The molecule has 3 amide bonds. The van der Waals surface area contributed by atoms with Crippen molar-refractivity contribution < 1.29 is 9.59 Å². The predicted octanol–water partition coefficient (Wildman–Crippen LogP) is 1.35.